The number of anilines is 1. The second-order valence-corrected chi connectivity index (χ2v) is 7.40. The molecule has 3 rings (SSSR count). The topological polar surface area (TPSA) is 73.9 Å². The van der Waals surface area contributed by atoms with Crippen LogP contribution in [0.3, 0.4) is 0 Å². The van der Waals surface area contributed by atoms with Gasteiger partial charge in [-0.05, 0) is 68.7 Å². The number of nitrogens with one attached hydrogen (secondary N) is 1. The highest BCUT2D eigenvalue weighted by Gasteiger charge is 2.20. The molecule has 0 unspecified atom stereocenters. The maximum Gasteiger partial charge on any atom is 0.338 e. The third kappa shape index (κ3) is 5.95. The van der Waals surface area contributed by atoms with Crippen molar-refractivity contribution >= 4 is 29.2 Å². The average molecular weight is 418 g/mol. The summed E-state index contributed by atoms with van der Waals surface area (Å²) in [6.45, 7) is 4.64. The quantitative estimate of drug-likeness (QED) is 0.676. The van der Waals surface area contributed by atoms with Gasteiger partial charge in [0.2, 0.25) is 0 Å². The smallest absolute Gasteiger partial charge is 0.338 e. The molecule has 1 saturated heterocycles. The molecule has 0 radical (unpaired) electrons. The van der Waals surface area contributed by atoms with Crippen molar-refractivity contribution < 1.29 is 23.8 Å². The van der Waals surface area contributed by atoms with Crippen molar-refractivity contribution in [2.24, 2.45) is 0 Å². The van der Waals surface area contributed by atoms with Crippen LogP contribution in [0, 0.1) is 6.92 Å². The van der Waals surface area contributed by atoms with Crippen LogP contribution in [-0.2, 0) is 14.3 Å². The molecule has 2 atom stereocenters. The van der Waals surface area contributed by atoms with Crippen LogP contribution in [0.5, 0.6) is 5.75 Å². The molecule has 154 valence electrons. The number of benzene rings is 2. The molecule has 0 saturated carbocycles. The molecule has 0 aliphatic carbocycles. The summed E-state index contributed by atoms with van der Waals surface area (Å²) in [6, 6.07) is 11.8. The van der Waals surface area contributed by atoms with Crippen molar-refractivity contribution in [2.75, 3.05) is 18.5 Å². The van der Waals surface area contributed by atoms with E-state index in [0.717, 1.165) is 25.0 Å². The molecule has 0 bridgehead atoms. The molecule has 1 fully saturated rings. The summed E-state index contributed by atoms with van der Waals surface area (Å²) in [5, 5.41) is 3.24. The first-order chi connectivity index (χ1) is 13.9. The van der Waals surface area contributed by atoms with Crippen molar-refractivity contribution in [1.29, 1.82) is 0 Å². The fourth-order valence-electron chi connectivity index (χ4n) is 2.90. The first kappa shape index (κ1) is 21.1. The van der Waals surface area contributed by atoms with E-state index in [1.54, 1.807) is 42.5 Å². The van der Waals surface area contributed by atoms with Gasteiger partial charge in [0, 0.05) is 17.3 Å². The van der Waals surface area contributed by atoms with Crippen LogP contribution in [0.4, 0.5) is 5.69 Å². The number of amides is 1. The maximum absolute atomic E-state index is 12.3. The van der Waals surface area contributed by atoms with E-state index in [2.05, 4.69) is 5.32 Å². The highest BCUT2D eigenvalue weighted by molar-refractivity contribution is 6.31. The van der Waals surface area contributed by atoms with Gasteiger partial charge in [0.05, 0.1) is 11.7 Å². The van der Waals surface area contributed by atoms with Gasteiger partial charge >= 0.3 is 5.97 Å². The molecular weight excluding hydrogens is 394 g/mol. The first-order valence-electron chi connectivity index (χ1n) is 9.55. The van der Waals surface area contributed by atoms with E-state index >= 15 is 0 Å². The van der Waals surface area contributed by atoms with Crippen molar-refractivity contribution in [3.05, 3.63) is 58.6 Å². The van der Waals surface area contributed by atoms with E-state index in [-0.39, 0.29) is 6.10 Å². The molecule has 29 heavy (non-hydrogen) atoms. The highest BCUT2D eigenvalue weighted by atomic mass is 35.5. The van der Waals surface area contributed by atoms with Gasteiger partial charge in [-0.2, -0.15) is 0 Å². The van der Waals surface area contributed by atoms with Gasteiger partial charge in [0.1, 0.15) is 12.4 Å². The zero-order valence-electron chi connectivity index (χ0n) is 16.4. The number of carbonyl (C=O) groups excluding carboxylic acids is 2. The van der Waals surface area contributed by atoms with Gasteiger partial charge in [-0.25, -0.2) is 4.79 Å². The molecule has 1 aliphatic heterocycles. The minimum absolute atomic E-state index is 0.127. The van der Waals surface area contributed by atoms with Gasteiger partial charge in [-0.1, -0.05) is 17.7 Å². The Morgan fingerprint density at radius 2 is 2.00 bits per heavy atom. The summed E-state index contributed by atoms with van der Waals surface area (Å²) >= 11 is 5.96. The second-order valence-electron chi connectivity index (χ2n) is 6.97. The molecule has 1 N–H and O–H groups in total. The van der Waals surface area contributed by atoms with Crippen LogP contribution in [-0.4, -0.2) is 37.3 Å². The third-order valence-electron chi connectivity index (χ3n) is 4.66. The molecule has 7 heteroatoms. The predicted molar refractivity (Wildman–Crippen MR) is 111 cm³/mol. The van der Waals surface area contributed by atoms with Crippen molar-refractivity contribution in [1.82, 2.24) is 0 Å². The normalized spacial score (nSPS) is 16.9. The van der Waals surface area contributed by atoms with Crippen molar-refractivity contribution in [3.8, 4) is 5.75 Å². The minimum atomic E-state index is -0.962. The van der Waals surface area contributed by atoms with E-state index in [1.807, 2.05) is 6.92 Å². The van der Waals surface area contributed by atoms with Crippen molar-refractivity contribution in [3.63, 3.8) is 0 Å². The predicted octanol–water partition coefficient (Wildman–Crippen LogP) is 4.39. The lowest BCUT2D eigenvalue weighted by molar-refractivity contribution is -0.123. The number of halogens is 1. The maximum atomic E-state index is 12.3. The molecule has 2 aromatic carbocycles. The Hall–Kier alpha value is -2.57. The molecule has 1 heterocycles. The van der Waals surface area contributed by atoms with E-state index in [9.17, 15) is 9.59 Å². The average Bonchev–Trinajstić information content (AvgIpc) is 3.23. The van der Waals surface area contributed by atoms with Crippen LogP contribution in [0.25, 0.3) is 0 Å². The fourth-order valence-corrected chi connectivity index (χ4v) is 3.07. The first-order valence-corrected chi connectivity index (χ1v) is 9.92. The zero-order chi connectivity index (χ0) is 20.8. The van der Waals surface area contributed by atoms with Crippen LogP contribution >= 0.6 is 11.6 Å². The lowest BCUT2D eigenvalue weighted by Crippen LogP contribution is -2.30. The molecule has 1 aliphatic rings. The molecule has 0 aromatic heterocycles. The second kappa shape index (κ2) is 9.76. The van der Waals surface area contributed by atoms with Crippen molar-refractivity contribution in [2.45, 2.75) is 38.9 Å². The lowest BCUT2D eigenvalue weighted by Gasteiger charge is -2.15. The number of aryl methyl sites for hydroxylation is 1. The Balaban J connectivity index is 1.51. The SMILES string of the molecule is Cc1ccc(Cl)cc1NC(=O)[C@@H](C)OC(=O)c1ccc(OC[C@H]2CCCO2)cc1. The Bertz CT molecular complexity index is 862. The van der Waals surface area contributed by atoms with Gasteiger partial charge < -0.3 is 19.5 Å². The largest absolute Gasteiger partial charge is 0.491 e. The third-order valence-corrected chi connectivity index (χ3v) is 4.90. The van der Waals surface area contributed by atoms with Gasteiger partial charge in [-0.3, -0.25) is 4.79 Å². The standard InChI is InChI=1S/C22H24ClNO5/c1-14-5-8-17(23)12-20(14)24-21(25)15(2)29-22(26)16-6-9-18(10-7-16)28-13-19-4-3-11-27-19/h5-10,12,15,19H,3-4,11,13H2,1-2H3,(H,24,25)/t15-,19-/m1/s1. The number of esters is 1. The summed E-state index contributed by atoms with van der Waals surface area (Å²) in [7, 11) is 0. The van der Waals surface area contributed by atoms with Crippen LogP contribution in [0.15, 0.2) is 42.5 Å². The van der Waals surface area contributed by atoms with Crippen LogP contribution in [0.2, 0.25) is 5.02 Å². The molecule has 0 spiro atoms. The molecule has 2 aromatic rings. The summed E-state index contributed by atoms with van der Waals surface area (Å²) < 4.78 is 16.5. The van der Waals surface area contributed by atoms with E-state index < -0.39 is 18.0 Å². The summed E-state index contributed by atoms with van der Waals surface area (Å²) in [5.74, 6) is -0.361. The van der Waals surface area contributed by atoms with E-state index in [1.165, 1.54) is 6.92 Å². The summed E-state index contributed by atoms with van der Waals surface area (Å²) in [4.78, 5) is 24.7. The molecule has 6 nitrogen and oxygen atoms in total. The number of hydrogen-bond acceptors (Lipinski definition) is 5. The minimum Gasteiger partial charge on any atom is -0.491 e. The fraction of sp³-hybridized carbons (Fsp3) is 0.364. The van der Waals surface area contributed by atoms with Crippen LogP contribution < -0.4 is 10.1 Å². The van der Waals surface area contributed by atoms with E-state index in [4.69, 9.17) is 25.8 Å². The monoisotopic (exact) mass is 417 g/mol. The van der Waals surface area contributed by atoms with Gasteiger partial charge in [0.15, 0.2) is 6.10 Å². The van der Waals surface area contributed by atoms with Crippen LogP contribution in [0.1, 0.15) is 35.7 Å². The Morgan fingerprint density at radius 1 is 1.24 bits per heavy atom. The molecule has 1 amide bonds. The number of carbonyl (C=O) groups is 2. The Kier molecular flexibility index (Phi) is 7.12. The van der Waals surface area contributed by atoms with Gasteiger partial charge in [-0.15, -0.1) is 0 Å². The van der Waals surface area contributed by atoms with Gasteiger partial charge in [0.25, 0.3) is 5.91 Å². The zero-order valence-corrected chi connectivity index (χ0v) is 17.2. The number of hydrogen-bond donors (Lipinski definition) is 1. The number of ether oxygens (including phenoxy) is 3. The summed E-state index contributed by atoms with van der Waals surface area (Å²) in [5.41, 5.74) is 1.78. The Labute approximate surface area is 175 Å². The lowest BCUT2D eigenvalue weighted by atomic mass is 10.2. The Morgan fingerprint density at radius 3 is 2.69 bits per heavy atom. The highest BCUT2D eigenvalue weighted by Crippen LogP contribution is 2.21. The molecular formula is C22H24ClNO5. The van der Waals surface area contributed by atoms with E-state index in [0.29, 0.717) is 28.6 Å². The summed E-state index contributed by atoms with van der Waals surface area (Å²) in [6.07, 6.45) is 1.22. The number of rotatable bonds is 7.